The molecule has 28 heavy (non-hydrogen) atoms. The fourth-order valence-corrected chi connectivity index (χ4v) is 4.02. The Morgan fingerprint density at radius 1 is 0.929 bits per heavy atom. The van der Waals surface area contributed by atoms with E-state index in [1.165, 1.54) is 13.2 Å². The van der Waals surface area contributed by atoms with Crippen molar-refractivity contribution in [2.24, 2.45) is 0 Å². The molecule has 0 fully saturated rings. The molecule has 0 saturated heterocycles. The van der Waals surface area contributed by atoms with E-state index in [-0.39, 0.29) is 21.9 Å². The lowest BCUT2D eigenvalue weighted by atomic mass is 10.1. The maximum atomic E-state index is 12.9. The number of nitrogens with one attached hydrogen (secondary N) is 2. The second-order valence-electron chi connectivity index (χ2n) is 6.13. The number of aryl methyl sites for hydroxylation is 1. The Kier molecular flexibility index (Phi) is 5.65. The Hall–Kier alpha value is -3.32. The van der Waals surface area contributed by atoms with Crippen LogP contribution in [-0.2, 0) is 10.0 Å². The van der Waals surface area contributed by atoms with Gasteiger partial charge < -0.3 is 10.1 Å². The first kappa shape index (κ1) is 19.4. The second-order valence-corrected chi connectivity index (χ2v) is 7.78. The van der Waals surface area contributed by atoms with Crippen LogP contribution in [0.1, 0.15) is 15.9 Å². The summed E-state index contributed by atoms with van der Waals surface area (Å²) in [5.74, 6) is -0.190. The van der Waals surface area contributed by atoms with E-state index in [4.69, 9.17) is 4.74 Å². The highest BCUT2D eigenvalue weighted by Crippen LogP contribution is 2.28. The van der Waals surface area contributed by atoms with Crippen molar-refractivity contribution < 1.29 is 17.9 Å². The van der Waals surface area contributed by atoms with Gasteiger partial charge in [-0.1, -0.05) is 36.4 Å². The Morgan fingerprint density at radius 2 is 1.61 bits per heavy atom. The highest BCUT2D eigenvalue weighted by molar-refractivity contribution is 7.92. The van der Waals surface area contributed by atoms with Gasteiger partial charge in [0.2, 0.25) is 0 Å². The number of hydrogen-bond acceptors (Lipinski definition) is 4. The molecule has 0 aliphatic carbocycles. The fraction of sp³-hybridized carbons (Fsp3) is 0.0952. The van der Waals surface area contributed by atoms with E-state index in [2.05, 4.69) is 10.0 Å². The Morgan fingerprint density at radius 3 is 2.32 bits per heavy atom. The lowest BCUT2D eigenvalue weighted by molar-refractivity contribution is 0.102. The van der Waals surface area contributed by atoms with Crippen LogP contribution in [0.4, 0.5) is 11.4 Å². The Bertz CT molecular complexity index is 1100. The predicted molar refractivity (Wildman–Crippen MR) is 109 cm³/mol. The summed E-state index contributed by atoms with van der Waals surface area (Å²) in [6.45, 7) is 1.79. The molecule has 0 atom stereocenters. The van der Waals surface area contributed by atoms with Gasteiger partial charge >= 0.3 is 0 Å². The molecule has 0 aliphatic rings. The summed E-state index contributed by atoms with van der Waals surface area (Å²) in [5, 5.41) is 2.76. The van der Waals surface area contributed by atoms with Crippen molar-refractivity contribution in [2.45, 2.75) is 11.8 Å². The molecule has 0 saturated carbocycles. The van der Waals surface area contributed by atoms with Crippen LogP contribution in [-0.4, -0.2) is 21.4 Å². The smallest absolute Gasteiger partial charge is 0.265 e. The SMILES string of the molecule is COc1ccc(C)cc1S(=O)(=O)Nc1ccccc1C(=O)Nc1ccccc1. The van der Waals surface area contributed by atoms with Crippen LogP contribution in [0.2, 0.25) is 0 Å². The standard InChI is InChI=1S/C21H20N2O4S/c1-15-12-13-19(27-2)20(14-15)28(25,26)23-18-11-7-6-10-17(18)21(24)22-16-8-4-3-5-9-16/h3-14,23H,1-2H3,(H,22,24). The van der Waals surface area contributed by atoms with E-state index in [9.17, 15) is 13.2 Å². The molecule has 3 aromatic carbocycles. The summed E-state index contributed by atoms with van der Waals surface area (Å²) in [4.78, 5) is 12.7. The molecule has 0 heterocycles. The van der Waals surface area contributed by atoms with Gasteiger partial charge in [0, 0.05) is 5.69 Å². The average Bonchev–Trinajstić information content (AvgIpc) is 2.69. The normalized spacial score (nSPS) is 10.9. The molecule has 144 valence electrons. The van der Waals surface area contributed by atoms with Gasteiger partial charge in [0.05, 0.1) is 18.4 Å². The number of rotatable bonds is 6. The zero-order valence-electron chi connectivity index (χ0n) is 15.5. The number of carbonyl (C=O) groups excluding carboxylic acids is 1. The van der Waals surface area contributed by atoms with E-state index >= 15 is 0 Å². The van der Waals surface area contributed by atoms with Crippen LogP contribution in [0, 0.1) is 6.92 Å². The van der Waals surface area contributed by atoms with Crippen molar-refractivity contribution in [3.05, 3.63) is 83.9 Å². The summed E-state index contributed by atoms with van der Waals surface area (Å²) < 4.78 is 33.6. The third-order valence-corrected chi connectivity index (χ3v) is 5.44. The van der Waals surface area contributed by atoms with Crippen molar-refractivity contribution >= 4 is 27.3 Å². The zero-order valence-corrected chi connectivity index (χ0v) is 16.3. The first-order chi connectivity index (χ1) is 13.4. The molecular formula is C21H20N2O4S. The van der Waals surface area contributed by atoms with E-state index < -0.39 is 15.9 Å². The molecular weight excluding hydrogens is 376 g/mol. The summed E-state index contributed by atoms with van der Waals surface area (Å²) >= 11 is 0. The van der Waals surface area contributed by atoms with Gasteiger partial charge in [-0.05, 0) is 48.9 Å². The van der Waals surface area contributed by atoms with Gasteiger partial charge in [0.15, 0.2) is 0 Å². The predicted octanol–water partition coefficient (Wildman–Crippen LogP) is 4.06. The van der Waals surface area contributed by atoms with Gasteiger partial charge in [-0.25, -0.2) is 8.42 Å². The number of carbonyl (C=O) groups is 1. The molecule has 0 spiro atoms. The van der Waals surface area contributed by atoms with Gasteiger partial charge in [-0.15, -0.1) is 0 Å². The van der Waals surface area contributed by atoms with Crippen molar-refractivity contribution in [1.29, 1.82) is 0 Å². The summed E-state index contributed by atoms with van der Waals surface area (Å²) in [6.07, 6.45) is 0. The first-order valence-electron chi connectivity index (χ1n) is 8.53. The molecule has 0 aromatic heterocycles. The van der Waals surface area contributed by atoms with E-state index in [1.807, 2.05) is 6.07 Å². The maximum absolute atomic E-state index is 12.9. The number of ether oxygens (including phenoxy) is 1. The lowest BCUT2D eigenvalue weighted by Gasteiger charge is -2.15. The topological polar surface area (TPSA) is 84.5 Å². The minimum atomic E-state index is -3.96. The van der Waals surface area contributed by atoms with Crippen LogP contribution in [0.3, 0.4) is 0 Å². The molecule has 7 heteroatoms. The highest BCUT2D eigenvalue weighted by Gasteiger charge is 2.22. The highest BCUT2D eigenvalue weighted by atomic mass is 32.2. The molecule has 1 amide bonds. The molecule has 0 radical (unpaired) electrons. The van der Waals surface area contributed by atoms with Gasteiger partial charge in [0.25, 0.3) is 15.9 Å². The van der Waals surface area contributed by atoms with Crippen LogP contribution < -0.4 is 14.8 Å². The third-order valence-electron chi connectivity index (χ3n) is 4.06. The summed E-state index contributed by atoms with van der Waals surface area (Å²) in [5.41, 5.74) is 1.78. The van der Waals surface area contributed by atoms with E-state index in [1.54, 1.807) is 67.6 Å². The number of anilines is 2. The van der Waals surface area contributed by atoms with Crippen molar-refractivity contribution in [2.75, 3.05) is 17.1 Å². The number of amides is 1. The second kappa shape index (κ2) is 8.14. The molecule has 0 aliphatic heterocycles. The van der Waals surface area contributed by atoms with Gasteiger partial charge in [-0.3, -0.25) is 9.52 Å². The lowest BCUT2D eigenvalue weighted by Crippen LogP contribution is -2.19. The quantitative estimate of drug-likeness (QED) is 0.658. The van der Waals surface area contributed by atoms with Crippen LogP contribution in [0.25, 0.3) is 0 Å². The number of para-hydroxylation sites is 2. The van der Waals surface area contributed by atoms with Crippen molar-refractivity contribution in [3.63, 3.8) is 0 Å². The summed E-state index contributed by atoms with van der Waals surface area (Å²) in [7, 11) is -2.55. The molecule has 6 nitrogen and oxygen atoms in total. The monoisotopic (exact) mass is 396 g/mol. The molecule has 0 unspecified atom stereocenters. The minimum absolute atomic E-state index is 0.00766. The molecule has 3 aromatic rings. The zero-order chi connectivity index (χ0) is 20.1. The van der Waals surface area contributed by atoms with Crippen LogP contribution in [0.5, 0.6) is 5.75 Å². The average molecular weight is 396 g/mol. The fourth-order valence-electron chi connectivity index (χ4n) is 2.68. The van der Waals surface area contributed by atoms with Crippen molar-refractivity contribution in [1.82, 2.24) is 0 Å². The third kappa shape index (κ3) is 4.32. The molecule has 3 rings (SSSR count). The first-order valence-corrected chi connectivity index (χ1v) is 10.0. The van der Waals surface area contributed by atoms with E-state index in [0.29, 0.717) is 5.69 Å². The van der Waals surface area contributed by atoms with Crippen LogP contribution in [0.15, 0.2) is 77.7 Å². The number of benzene rings is 3. The maximum Gasteiger partial charge on any atom is 0.265 e. The number of hydrogen-bond donors (Lipinski definition) is 2. The van der Waals surface area contributed by atoms with Crippen LogP contribution >= 0.6 is 0 Å². The number of methoxy groups -OCH3 is 1. The molecule has 0 bridgehead atoms. The molecule has 2 N–H and O–H groups in total. The van der Waals surface area contributed by atoms with Gasteiger partial charge in [-0.2, -0.15) is 0 Å². The number of sulfonamides is 1. The van der Waals surface area contributed by atoms with E-state index in [0.717, 1.165) is 5.56 Å². The Labute approximate surface area is 164 Å². The summed E-state index contributed by atoms with van der Waals surface area (Å²) in [6, 6.07) is 20.3. The minimum Gasteiger partial charge on any atom is -0.495 e. The Balaban J connectivity index is 1.93. The van der Waals surface area contributed by atoms with Gasteiger partial charge in [0.1, 0.15) is 10.6 Å². The van der Waals surface area contributed by atoms with Crippen molar-refractivity contribution in [3.8, 4) is 5.75 Å². The largest absolute Gasteiger partial charge is 0.495 e.